The van der Waals surface area contributed by atoms with Crippen molar-refractivity contribution in [1.82, 2.24) is 0 Å². The Labute approximate surface area is 213 Å². The van der Waals surface area contributed by atoms with E-state index in [1.165, 1.54) is 24.0 Å². The molecule has 0 aliphatic heterocycles. The van der Waals surface area contributed by atoms with Gasteiger partial charge in [0.25, 0.3) is 0 Å². The Kier molecular flexibility index (Phi) is 7.63. The van der Waals surface area contributed by atoms with Crippen molar-refractivity contribution in [3.63, 3.8) is 0 Å². The van der Waals surface area contributed by atoms with Crippen LogP contribution in [0.25, 0.3) is 0 Å². The highest BCUT2D eigenvalue weighted by Crippen LogP contribution is 2.68. The number of allylic oxidation sites excluding steroid dienone is 1. The number of fused-ring (bicyclic) bond motifs is 5. The molecule has 0 spiro atoms. The third-order valence-electron chi connectivity index (χ3n) is 10.4. The molecule has 0 aromatic heterocycles. The van der Waals surface area contributed by atoms with E-state index in [0.717, 1.165) is 44.9 Å². The number of hydrogen-bond acceptors (Lipinski definition) is 6. The third kappa shape index (κ3) is 5.14. The lowest BCUT2D eigenvalue weighted by molar-refractivity contribution is -0.164. The molecule has 0 aromatic carbocycles. The summed E-state index contributed by atoms with van der Waals surface area (Å²) in [7, 11) is -4.00. The molecule has 8 atom stereocenters. The van der Waals surface area contributed by atoms with E-state index in [1.807, 2.05) is 6.92 Å². The highest BCUT2D eigenvalue weighted by molar-refractivity contribution is 7.81. The molecule has 4 fully saturated rings. The molecule has 0 bridgehead atoms. The van der Waals surface area contributed by atoms with E-state index in [2.05, 4.69) is 13.8 Å². The number of rotatable bonds is 7. The van der Waals surface area contributed by atoms with Crippen LogP contribution in [0, 0.1) is 34.5 Å². The van der Waals surface area contributed by atoms with Gasteiger partial charge in [-0.25, -0.2) is 8.37 Å². The van der Waals surface area contributed by atoms with Gasteiger partial charge in [-0.1, -0.05) is 18.1 Å². The second-order valence-electron chi connectivity index (χ2n) is 13.2. The summed E-state index contributed by atoms with van der Waals surface area (Å²) in [6.07, 6.45) is 9.06. The summed E-state index contributed by atoms with van der Waals surface area (Å²) in [4.78, 5) is 0. The molecule has 4 aliphatic carbocycles. The summed E-state index contributed by atoms with van der Waals surface area (Å²) in [5, 5.41) is 21.5. The second-order valence-corrected chi connectivity index (χ2v) is 14.4. The molecular weight excluding hydrogens is 464 g/mol. The average molecular weight is 513 g/mol. The van der Waals surface area contributed by atoms with Gasteiger partial charge < -0.3 is 10.2 Å². The molecule has 0 radical (unpaired) electrons. The fraction of sp³-hybridized carbons (Fsp3) is 0.929. The minimum Gasteiger partial charge on any atom is -0.396 e. The monoisotopic (exact) mass is 512 g/mol. The number of aliphatic hydroxyl groups is 2. The van der Waals surface area contributed by atoms with Crippen molar-refractivity contribution in [2.45, 2.75) is 124 Å². The van der Waals surface area contributed by atoms with Gasteiger partial charge in [0.1, 0.15) is 0 Å². The Morgan fingerprint density at radius 2 is 1.74 bits per heavy atom. The summed E-state index contributed by atoms with van der Waals surface area (Å²) in [6, 6.07) is 0. The highest BCUT2D eigenvalue weighted by Gasteiger charge is 2.61. The van der Waals surface area contributed by atoms with Crippen LogP contribution >= 0.6 is 0 Å². The molecule has 4 rings (SSSR count). The van der Waals surface area contributed by atoms with Crippen molar-refractivity contribution in [1.29, 1.82) is 0 Å². The Morgan fingerprint density at radius 1 is 1.03 bits per heavy atom. The van der Waals surface area contributed by atoms with E-state index in [9.17, 15) is 18.6 Å². The molecule has 7 heteroatoms. The van der Waals surface area contributed by atoms with Crippen molar-refractivity contribution in [3.05, 3.63) is 11.1 Å². The number of aliphatic hydroxyl groups excluding tert-OH is 1. The van der Waals surface area contributed by atoms with Crippen molar-refractivity contribution in [3.8, 4) is 0 Å². The lowest BCUT2D eigenvalue weighted by atomic mass is 9.44. The Bertz CT molecular complexity index is 924. The predicted octanol–water partition coefficient (Wildman–Crippen LogP) is 5.53. The maximum atomic E-state index is 12.1. The molecular formula is C28H48O6S. The SMILES string of the molecule is C/C(CC(C)OS(=O)(=O)OC(C)C)=C1/CC[C@H]2[C@@H]3CC[C@@H]4C[C@](C)(O)CC[C@]4(CO)[C@H]3CC[C@]12C. The maximum Gasteiger partial charge on any atom is 0.400 e. The van der Waals surface area contributed by atoms with Crippen molar-refractivity contribution in [2.75, 3.05) is 6.61 Å². The molecule has 0 amide bonds. The van der Waals surface area contributed by atoms with Crippen LogP contribution in [0.2, 0.25) is 0 Å². The van der Waals surface area contributed by atoms with E-state index < -0.39 is 28.2 Å². The quantitative estimate of drug-likeness (QED) is 0.436. The van der Waals surface area contributed by atoms with Gasteiger partial charge in [-0.05, 0) is 133 Å². The van der Waals surface area contributed by atoms with Gasteiger partial charge in [0, 0.05) is 6.61 Å². The van der Waals surface area contributed by atoms with Gasteiger partial charge in [-0.3, -0.25) is 0 Å². The van der Waals surface area contributed by atoms with Crippen LogP contribution in [0.5, 0.6) is 0 Å². The molecule has 6 nitrogen and oxygen atoms in total. The first kappa shape index (κ1) is 27.6. The molecule has 1 unspecified atom stereocenters. The molecule has 4 saturated carbocycles. The van der Waals surface area contributed by atoms with E-state index in [4.69, 9.17) is 8.37 Å². The molecule has 4 aliphatic rings. The largest absolute Gasteiger partial charge is 0.400 e. The zero-order chi connectivity index (χ0) is 25.8. The summed E-state index contributed by atoms with van der Waals surface area (Å²) in [6.45, 7) is 12.0. The van der Waals surface area contributed by atoms with E-state index in [-0.39, 0.29) is 17.4 Å². The van der Waals surface area contributed by atoms with Crippen LogP contribution in [0.15, 0.2) is 11.1 Å². The maximum absolute atomic E-state index is 12.1. The highest BCUT2D eigenvalue weighted by atomic mass is 32.3. The molecule has 0 heterocycles. The topological polar surface area (TPSA) is 93.1 Å². The van der Waals surface area contributed by atoms with Gasteiger partial charge in [0.2, 0.25) is 0 Å². The van der Waals surface area contributed by atoms with Gasteiger partial charge in [0.15, 0.2) is 0 Å². The van der Waals surface area contributed by atoms with E-state index >= 15 is 0 Å². The van der Waals surface area contributed by atoms with Crippen LogP contribution in [-0.4, -0.2) is 43.0 Å². The fourth-order valence-electron chi connectivity index (χ4n) is 9.10. The first-order chi connectivity index (χ1) is 16.2. The first-order valence-corrected chi connectivity index (χ1v) is 15.2. The number of hydrogen-bond donors (Lipinski definition) is 2. The molecule has 0 saturated heterocycles. The third-order valence-corrected chi connectivity index (χ3v) is 11.6. The predicted molar refractivity (Wildman–Crippen MR) is 137 cm³/mol. The van der Waals surface area contributed by atoms with Crippen molar-refractivity contribution >= 4 is 10.4 Å². The van der Waals surface area contributed by atoms with Crippen molar-refractivity contribution < 1.29 is 27.0 Å². The minimum absolute atomic E-state index is 0.0267. The summed E-state index contributed by atoms with van der Waals surface area (Å²) >= 11 is 0. The van der Waals surface area contributed by atoms with Crippen LogP contribution in [0.3, 0.4) is 0 Å². The fourth-order valence-corrected chi connectivity index (χ4v) is 10.1. The van der Waals surface area contributed by atoms with Gasteiger partial charge in [-0.15, -0.1) is 0 Å². The molecule has 35 heavy (non-hydrogen) atoms. The van der Waals surface area contributed by atoms with Gasteiger partial charge in [0.05, 0.1) is 17.8 Å². The lowest BCUT2D eigenvalue weighted by Crippen LogP contribution is -2.57. The Morgan fingerprint density at radius 3 is 2.40 bits per heavy atom. The zero-order valence-electron chi connectivity index (χ0n) is 22.7. The molecule has 2 N–H and O–H groups in total. The summed E-state index contributed by atoms with van der Waals surface area (Å²) in [5.41, 5.74) is 2.29. The molecule has 202 valence electrons. The lowest BCUT2D eigenvalue weighted by Gasteiger charge is -2.62. The van der Waals surface area contributed by atoms with Gasteiger partial charge >= 0.3 is 10.4 Å². The second kappa shape index (κ2) is 9.68. The average Bonchev–Trinajstić information content (AvgIpc) is 3.08. The standard InChI is InChI=1S/C28H48O6S/c1-18(2)33-35(31,32)34-20(4)15-19(3)23-9-10-24-22-8-7-21-16-26(5,30)13-14-28(21,17-29)25(22)11-12-27(23,24)6/h18,20-22,24-25,29-30H,7-17H2,1-6H3/b23-19+/t20?,21-,22+,24+,25+,26-,27-,28-/m1/s1. The van der Waals surface area contributed by atoms with Crippen molar-refractivity contribution in [2.24, 2.45) is 34.5 Å². The van der Waals surface area contributed by atoms with E-state index in [1.54, 1.807) is 20.8 Å². The van der Waals surface area contributed by atoms with Crippen LogP contribution in [0.4, 0.5) is 0 Å². The smallest absolute Gasteiger partial charge is 0.396 e. The summed E-state index contributed by atoms with van der Waals surface area (Å²) in [5.74, 6) is 2.20. The van der Waals surface area contributed by atoms with Gasteiger partial charge in [-0.2, -0.15) is 8.42 Å². The Hall–Kier alpha value is -0.470. The van der Waals surface area contributed by atoms with Crippen LogP contribution < -0.4 is 0 Å². The summed E-state index contributed by atoms with van der Waals surface area (Å²) < 4.78 is 34.5. The normalized spacial score (nSPS) is 43.9. The van der Waals surface area contributed by atoms with Crippen LogP contribution in [0.1, 0.15) is 106 Å². The first-order valence-electron chi connectivity index (χ1n) is 13.9. The molecule has 0 aromatic rings. The van der Waals surface area contributed by atoms with Crippen LogP contribution in [-0.2, 0) is 18.8 Å². The Balaban J connectivity index is 1.51. The zero-order valence-corrected chi connectivity index (χ0v) is 23.5. The van der Waals surface area contributed by atoms with E-state index in [0.29, 0.717) is 30.1 Å². The minimum atomic E-state index is -4.00.